The molecule has 0 N–H and O–H groups in total. The van der Waals surface area contributed by atoms with E-state index in [2.05, 4.69) is 92.4 Å². The predicted molar refractivity (Wildman–Crippen MR) is 380 cm³/mol. The molecule has 2 aromatic heterocycles. The van der Waals surface area contributed by atoms with Crippen LogP contribution in [0.3, 0.4) is 0 Å². The zero-order valence-corrected chi connectivity index (χ0v) is 51.8. The van der Waals surface area contributed by atoms with Gasteiger partial charge in [0.05, 0.1) is 10.2 Å². The minimum absolute atomic E-state index is 0.216. The Morgan fingerprint density at radius 1 is 0.280 bits per heavy atom. The molecule has 17 rings (SSSR count). The van der Waals surface area contributed by atoms with Crippen molar-refractivity contribution in [3.05, 3.63) is 346 Å². The Kier molecular flexibility index (Phi) is 14.4. The lowest BCUT2D eigenvalue weighted by Crippen LogP contribution is -2.21. The summed E-state index contributed by atoms with van der Waals surface area (Å²) in [6.45, 7) is 0. The van der Waals surface area contributed by atoms with Crippen LogP contribution in [-0.4, -0.2) is 8.42 Å². The van der Waals surface area contributed by atoms with E-state index in [1.54, 1.807) is 6.07 Å². The number of furan rings is 2. The number of rotatable bonds is 13. The van der Waals surface area contributed by atoms with Crippen molar-refractivity contribution >= 4 is 123 Å². The van der Waals surface area contributed by atoms with Gasteiger partial charge in [0.25, 0.3) is 0 Å². The third kappa shape index (κ3) is 9.97. The van der Waals surface area contributed by atoms with E-state index in [9.17, 15) is 8.42 Å². The van der Waals surface area contributed by atoms with E-state index in [1.165, 1.54) is 0 Å². The fraction of sp³-hybridized carbons (Fsp3) is 0. The molecule has 15 aromatic rings. The molecule has 0 saturated carbocycles. The Labute approximate surface area is 539 Å². The highest BCUT2D eigenvalue weighted by Crippen LogP contribution is 2.57. The highest BCUT2D eigenvalue weighted by molar-refractivity contribution is 7.92. The first-order chi connectivity index (χ1) is 45.8. The average molecular weight is 1240 g/mol. The number of nitrogens with zero attached hydrogens (tertiary/aromatic N) is 4. The van der Waals surface area contributed by atoms with Crippen LogP contribution in [0.5, 0.6) is 0 Å². The SMILES string of the molecule is O=P1(c2ccccc2)c2ccc(N(c3ccccc3)c3ccccc3)cc2-c2oc3ccc(N(c4ccccc4)c4ccccc4)cc3c21.O=S1(=O)c2ccc(N(c3ccccc3)c3ccccc3)cc2-c2oc3ccc(N(c4ccccc4)c4ccccc4)cc3c21. The maximum Gasteiger partial charge on any atom is 0.211 e. The van der Waals surface area contributed by atoms with E-state index in [0.29, 0.717) is 33.6 Å². The van der Waals surface area contributed by atoms with E-state index in [1.807, 2.05) is 267 Å². The van der Waals surface area contributed by atoms with Crippen LogP contribution < -0.4 is 35.5 Å². The topological polar surface area (TPSA) is 90.5 Å². The Balaban J connectivity index is 0.000000148. The van der Waals surface area contributed by atoms with E-state index in [-0.39, 0.29) is 9.79 Å². The molecule has 0 amide bonds. The van der Waals surface area contributed by atoms with Gasteiger partial charge in [0.2, 0.25) is 9.84 Å². The van der Waals surface area contributed by atoms with E-state index < -0.39 is 17.0 Å². The van der Waals surface area contributed by atoms with Gasteiger partial charge in [-0.1, -0.05) is 176 Å². The quantitative estimate of drug-likeness (QED) is 0.105. The molecule has 0 spiro atoms. The molecule has 0 radical (unpaired) electrons. The van der Waals surface area contributed by atoms with Crippen LogP contribution in [0, 0.1) is 0 Å². The summed E-state index contributed by atoms with van der Waals surface area (Å²) < 4.78 is 57.2. The lowest BCUT2D eigenvalue weighted by molar-refractivity contribution is 0.592. The fourth-order valence-electron chi connectivity index (χ4n) is 13.1. The third-order valence-electron chi connectivity index (χ3n) is 17.2. The van der Waals surface area contributed by atoms with Gasteiger partial charge < -0.3 is 33.0 Å². The van der Waals surface area contributed by atoms with Crippen LogP contribution in [-0.2, 0) is 14.4 Å². The van der Waals surface area contributed by atoms with Gasteiger partial charge in [-0.3, -0.25) is 0 Å². The molecule has 0 fully saturated rings. The van der Waals surface area contributed by atoms with Gasteiger partial charge in [0, 0.05) is 101 Å². The lowest BCUT2D eigenvalue weighted by atomic mass is 10.1. The third-order valence-corrected chi connectivity index (χ3v) is 22.2. The van der Waals surface area contributed by atoms with E-state index in [0.717, 1.165) is 95.1 Å². The number of hydrogen-bond donors (Lipinski definition) is 0. The Morgan fingerprint density at radius 3 is 0.968 bits per heavy atom. The molecule has 2 aliphatic rings. The minimum Gasteiger partial charge on any atom is -0.455 e. The molecule has 2 aliphatic heterocycles. The largest absolute Gasteiger partial charge is 0.455 e. The van der Waals surface area contributed by atoms with Crippen LogP contribution in [0.2, 0.25) is 0 Å². The van der Waals surface area contributed by atoms with Gasteiger partial charge in [-0.25, -0.2) is 8.42 Å². The Hall–Kier alpha value is -11.7. The molecule has 4 heterocycles. The molecule has 1 unspecified atom stereocenters. The fourth-order valence-corrected chi connectivity index (χ4v) is 18.0. The molecular formula is C82H57N4O5PS. The van der Waals surface area contributed by atoms with Crippen molar-refractivity contribution in [2.24, 2.45) is 0 Å². The van der Waals surface area contributed by atoms with Crippen molar-refractivity contribution in [1.29, 1.82) is 0 Å². The number of sulfone groups is 1. The summed E-state index contributed by atoms with van der Waals surface area (Å²) in [6, 6.07) is 115. The van der Waals surface area contributed by atoms with Crippen molar-refractivity contribution in [3.63, 3.8) is 0 Å². The normalized spacial score (nSPS) is 13.8. The van der Waals surface area contributed by atoms with Crippen molar-refractivity contribution in [3.8, 4) is 22.6 Å². The maximum atomic E-state index is 15.9. The first kappa shape index (κ1) is 56.5. The second-order valence-corrected chi connectivity index (χ2v) is 27.3. The van der Waals surface area contributed by atoms with E-state index in [4.69, 9.17) is 8.83 Å². The first-order valence-electron chi connectivity index (χ1n) is 30.7. The summed E-state index contributed by atoms with van der Waals surface area (Å²) >= 11 is 0. The zero-order chi connectivity index (χ0) is 62.5. The van der Waals surface area contributed by atoms with Crippen LogP contribution >= 0.6 is 7.14 Å². The molecule has 0 aliphatic carbocycles. The molecule has 0 bridgehead atoms. The van der Waals surface area contributed by atoms with E-state index >= 15 is 4.57 Å². The van der Waals surface area contributed by atoms with Crippen molar-refractivity contribution < 1.29 is 21.8 Å². The zero-order valence-electron chi connectivity index (χ0n) is 50.1. The summed E-state index contributed by atoms with van der Waals surface area (Å²) in [5, 5.41) is 3.77. The summed E-state index contributed by atoms with van der Waals surface area (Å²) in [7, 11) is -7.14. The molecule has 446 valence electrons. The van der Waals surface area contributed by atoms with Gasteiger partial charge in [-0.2, -0.15) is 0 Å². The lowest BCUT2D eigenvalue weighted by Gasteiger charge is -2.26. The van der Waals surface area contributed by atoms with Gasteiger partial charge in [-0.15, -0.1) is 0 Å². The summed E-state index contributed by atoms with van der Waals surface area (Å²) in [5.74, 6) is 1.05. The number of hydrogen-bond acceptors (Lipinski definition) is 9. The number of anilines is 12. The number of para-hydroxylation sites is 8. The van der Waals surface area contributed by atoms with Crippen molar-refractivity contribution in [2.75, 3.05) is 19.6 Å². The highest BCUT2D eigenvalue weighted by Gasteiger charge is 2.45. The average Bonchev–Trinajstić information content (AvgIpc) is 1.55. The van der Waals surface area contributed by atoms with Crippen LogP contribution in [0.1, 0.15) is 0 Å². The molecule has 9 nitrogen and oxygen atoms in total. The molecule has 93 heavy (non-hydrogen) atoms. The second kappa shape index (κ2) is 23.6. The Morgan fingerprint density at radius 2 is 0.581 bits per heavy atom. The molecule has 13 aromatic carbocycles. The maximum absolute atomic E-state index is 15.9. The van der Waals surface area contributed by atoms with Crippen LogP contribution in [0.4, 0.5) is 68.2 Å². The second-order valence-electron chi connectivity index (χ2n) is 22.8. The van der Waals surface area contributed by atoms with Gasteiger partial charge in [0.15, 0.2) is 12.9 Å². The predicted octanol–water partition coefficient (Wildman–Crippen LogP) is 21.2. The van der Waals surface area contributed by atoms with Crippen molar-refractivity contribution in [2.45, 2.75) is 9.79 Å². The molecule has 11 heteroatoms. The molecular weight excluding hydrogens is 1180 g/mol. The first-order valence-corrected chi connectivity index (χ1v) is 33.9. The highest BCUT2D eigenvalue weighted by atomic mass is 32.2. The summed E-state index contributed by atoms with van der Waals surface area (Å²) in [6.07, 6.45) is 0. The van der Waals surface area contributed by atoms with Crippen LogP contribution in [0.25, 0.3) is 44.6 Å². The van der Waals surface area contributed by atoms with Crippen molar-refractivity contribution in [1.82, 2.24) is 0 Å². The summed E-state index contributed by atoms with van der Waals surface area (Å²) in [4.78, 5) is 9.15. The van der Waals surface area contributed by atoms with Gasteiger partial charge >= 0.3 is 0 Å². The van der Waals surface area contributed by atoms with Gasteiger partial charge in [-0.05, 0) is 170 Å². The Bertz CT molecular complexity index is 5220. The summed E-state index contributed by atoms with van der Waals surface area (Å²) in [5.41, 5.74) is 14.3. The number of fused-ring (bicyclic) bond motifs is 10. The molecule has 0 saturated heterocycles. The molecule has 1 atom stereocenters. The van der Waals surface area contributed by atoms with Gasteiger partial charge in [0.1, 0.15) is 21.8 Å². The minimum atomic E-state index is -3.82. The standard InChI is InChI=1S/C44H31N2O2P.C38H26N2O3S/c47-49(38-24-14-5-15-25-38)42-29-27-37(46(34-20-10-3-11-21-34)35-22-12-4-13-23-35)31-40(42)43-44(49)39-30-36(26-28-41(39)48-43)45(32-16-6-1-7-17-32)33-18-8-2-9-19-33;41-44(42)36-24-22-32(40(29-17-9-3-10-18-29)30-19-11-4-12-20-30)26-34(36)37-38(44)33-25-31(21-23-35(33)43-37)39(27-13-5-1-6-14-27)28-15-7-2-8-16-28/h1-31H;1-26H. The smallest absolute Gasteiger partial charge is 0.211 e. The monoisotopic (exact) mass is 1240 g/mol. The van der Waals surface area contributed by atoms with Crippen LogP contribution in [0.15, 0.2) is 364 Å². The number of benzene rings is 13.